The maximum absolute atomic E-state index is 2.21. The zero-order valence-corrected chi connectivity index (χ0v) is 12.2. The van der Waals surface area contributed by atoms with Crippen LogP contribution in [0.3, 0.4) is 0 Å². The second-order valence-corrected chi connectivity index (χ2v) is 5.65. The van der Waals surface area contributed by atoms with E-state index in [9.17, 15) is 0 Å². The lowest BCUT2D eigenvalue weighted by Crippen LogP contribution is -1.76. The van der Waals surface area contributed by atoms with E-state index < -0.39 is 0 Å². The summed E-state index contributed by atoms with van der Waals surface area (Å²) in [4.78, 5) is 2.60. The molecule has 0 aliphatic carbocycles. The number of hydrogen-bond donors (Lipinski definition) is 0. The SMILES string of the molecule is CSc1cccc(C=Cc2cccc(SC)c2)c1. The van der Waals surface area contributed by atoms with Crippen LogP contribution >= 0.6 is 23.5 Å². The summed E-state index contributed by atoms with van der Waals surface area (Å²) in [6.45, 7) is 0. The Hall–Kier alpha value is -1.12. The van der Waals surface area contributed by atoms with Crippen LogP contribution in [0, 0.1) is 0 Å². The Morgan fingerprint density at radius 2 is 1.17 bits per heavy atom. The zero-order valence-electron chi connectivity index (χ0n) is 10.6. The Balaban J connectivity index is 2.18. The summed E-state index contributed by atoms with van der Waals surface area (Å²) >= 11 is 3.55. The first-order valence-corrected chi connectivity index (χ1v) is 8.23. The fraction of sp³-hybridized carbons (Fsp3) is 0.125. The van der Waals surface area contributed by atoms with Crippen molar-refractivity contribution >= 4 is 35.7 Å². The molecule has 0 N–H and O–H groups in total. The summed E-state index contributed by atoms with van der Waals surface area (Å²) in [5, 5.41) is 0. The Kier molecular flexibility index (Phi) is 4.97. The molecular weight excluding hydrogens is 256 g/mol. The van der Waals surface area contributed by atoms with Crippen molar-refractivity contribution in [2.75, 3.05) is 12.5 Å². The number of benzene rings is 2. The largest absolute Gasteiger partial charge is 0.130 e. The van der Waals surface area contributed by atoms with Crippen molar-refractivity contribution in [2.45, 2.75) is 9.79 Å². The van der Waals surface area contributed by atoms with E-state index in [1.807, 2.05) is 0 Å². The predicted octanol–water partition coefficient (Wildman–Crippen LogP) is 5.30. The molecule has 0 saturated heterocycles. The molecule has 0 fully saturated rings. The van der Waals surface area contributed by atoms with Crippen LogP contribution in [0.2, 0.25) is 0 Å². The van der Waals surface area contributed by atoms with Crippen molar-refractivity contribution < 1.29 is 0 Å². The van der Waals surface area contributed by atoms with Gasteiger partial charge in [-0.25, -0.2) is 0 Å². The zero-order chi connectivity index (χ0) is 12.8. The molecule has 0 aromatic heterocycles. The summed E-state index contributed by atoms with van der Waals surface area (Å²) in [7, 11) is 0. The first-order chi connectivity index (χ1) is 8.81. The van der Waals surface area contributed by atoms with Crippen molar-refractivity contribution in [3.63, 3.8) is 0 Å². The molecule has 0 heterocycles. The molecule has 2 rings (SSSR count). The third kappa shape index (κ3) is 3.69. The van der Waals surface area contributed by atoms with Crippen LogP contribution in [0.5, 0.6) is 0 Å². The normalized spacial score (nSPS) is 11.0. The molecule has 0 nitrogen and oxygen atoms in total. The molecule has 0 radical (unpaired) electrons. The molecule has 0 atom stereocenters. The minimum atomic E-state index is 1.25. The molecule has 0 unspecified atom stereocenters. The molecule has 0 aliphatic rings. The Labute approximate surface area is 118 Å². The van der Waals surface area contributed by atoms with Gasteiger partial charge in [-0.3, -0.25) is 0 Å². The van der Waals surface area contributed by atoms with Crippen LogP contribution < -0.4 is 0 Å². The van der Waals surface area contributed by atoms with Gasteiger partial charge in [-0.15, -0.1) is 23.5 Å². The summed E-state index contributed by atoms with van der Waals surface area (Å²) in [5.74, 6) is 0. The van der Waals surface area contributed by atoms with Crippen molar-refractivity contribution in [3.05, 3.63) is 59.7 Å². The van der Waals surface area contributed by atoms with Gasteiger partial charge >= 0.3 is 0 Å². The molecule has 2 heteroatoms. The lowest BCUT2D eigenvalue weighted by atomic mass is 10.1. The third-order valence-electron chi connectivity index (χ3n) is 2.66. The van der Waals surface area contributed by atoms with Gasteiger partial charge < -0.3 is 0 Å². The second-order valence-electron chi connectivity index (χ2n) is 3.89. The van der Waals surface area contributed by atoms with Gasteiger partial charge in [0.2, 0.25) is 0 Å². The smallest absolute Gasteiger partial charge is 0.00750 e. The molecule has 0 bridgehead atoms. The minimum absolute atomic E-state index is 1.25. The molecule has 18 heavy (non-hydrogen) atoms. The lowest BCUT2D eigenvalue weighted by Gasteiger charge is -2.00. The van der Waals surface area contributed by atoms with Crippen LogP contribution in [0.1, 0.15) is 11.1 Å². The monoisotopic (exact) mass is 272 g/mol. The Morgan fingerprint density at radius 1 is 0.722 bits per heavy atom. The van der Waals surface area contributed by atoms with E-state index in [4.69, 9.17) is 0 Å². The Bertz CT molecular complexity index is 495. The highest BCUT2D eigenvalue weighted by Crippen LogP contribution is 2.19. The van der Waals surface area contributed by atoms with Gasteiger partial charge in [-0.1, -0.05) is 36.4 Å². The molecule has 0 aliphatic heterocycles. The van der Waals surface area contributed by atoms with E-state index in [-0.39, 0.29) is 0 Å². The molecule has 2 aromatic rings. The maximum Gasteiger partial charge on any atom is 0.00750 e. The van der Waals surface area contributed by atoms with Crippen LogP contribution in [-0.2, 0) is 0 Å². The number of hydrogen-bond acceptors (Lipinski definition) is 2. The summed E-state index contributed by atoms with van der Waals surface area (Å²) in [5.41, 5.74) is 2.49. The maximum atomic E-state index is 2.21. The molecular formula is C16H16S2. The van der Waals surface area contributed by atoms with E-state index >= 15 is 0 Å². The highest BCUT2D eigenvalue weighted by molar-refractivity contribution is 7.98. The lowest BCUT2D eigenvalue weighted by molar-refractivity contribution is 1.44. The van der Waals surface area contributed by atoms with E-state index in [0.29, 0.717) is 0 Å². The van der Waals surface area contributed by atoms with Gasteiger partial charge in [0.25, 0.3) is 0 Å². The second kappa shape index (κ2) is 6.72. The van der Waals surface area contributed by atoms with E-state index in [2.05, 4.69) is 73.2 Å². The fourth-order valence-electron chi connectivity index (χ4n) is 1.68. The topological polar surface area (TPSA) is 0 Å². The summed E-state index contributed by atoms with van der Waals surface area (Å²) < 4.78 is 0. The van der Waals surface area contributed by atoms with Gasteiger partial charge in [0.1, 0.15) is 0 Å². The average molecular weight is 272 g/mol. The Morgan fingerprint density at radius 3 is 1.56 bits per heavy atom. The molecule has 92 valence electrons. The first kappa shape index (κ1) is 13.3. The van der Waals surface area contributed by atoms with E-state index in [1.165, 1.54) is 20.9 Å². The average Bonchev–Trinajstić information content (AvgIpc) is 2.45. The van der Waals surface area contributed by atoms with Gasteiger partial charge in [0.05, 0.1) is 0 Å². The van der Waals surface area contributed by atoms with Gasteiger partial charge in [-0.2, -0.15) is 0 Å². The molecule has 2 aromatic carbocycles. The highest BCUT2D eigenvalue weighted by atomic mass is 32.2. The van der Waals surface area contributed by atoms with Crippen molar-refractivity contribution in [2.24, 2.45) is 0 Å². The van der Waals surface area contributed by atoms with E-state index in [0.717, 1.165) is 0 Å². The van der Waals surface area contributed by atoms with Crippen molar-refractivity contribution in [3.8, 4) is 0 Å². The van der Waals surface area contributed by atoms with Crippen LogP contribution in [0.15, 0.2) is 58.3 Å². The minimum Gasteiger partial charge on any atom is -0.130 e. The van der Waals surface area contributed by atoms with Crippen molar-refractivity contribution in [1.82, 2.24) is 0 Å². The van der Waals surface area contributed by atoms with Gasteiger partial charge in [0, 0.05) is 9.79 Å². The first-order valence-electron chi connectivity index (χ1n) is 5.78. The van der Waals surface area contributed by atoms with Crippen LogP contribution in [-0.4, -0.2) is 12.5 Å². The van der Waals surface area contributed by atoms with Crippen LogP contribution in [0.25, 0.3) is 12.2 Å². The predicted molar refractivity (Wildman–Crippen MR) is 85.4 cm³/mol. The van der Waals surface area contributed by atoms with Crippen molar-refractivity contribution in [1.29, 1.82) is 0 Å². The van der Waals surface area contributed by atoms with Gasteiger partial charge in [0.15, 0.2) is 0 Å². The summed E-state index contributed by atoms with van der Waals surface area (Å²) in [6, 6.07) is 17.2. The fourth-order valence-corrected chi connectivity index (χ4v) is 2.62. The number of thioether (sulfide) groups is 2. The third-order valence-corrected chi connectivity index (χ3v) is 4.11. The standard InChI is InChI=1S/C16H16S2/c1-17-15-7-3-5-13(11-15)9-10-14-6-4-8-16(12-14)18-2/h3-12H,1-2H3. The van der Waals surface area contributed by atoms with E-state index in [1.54, 1.807) is 23.5 Å². The van der Waals surface area contributed by atoms with Gasteiger partial charge in [-0.05, 0) is 47.9 Å². The highest BCUT2D eigenvalue weighted by Gasteiger charge is 1.93. The molecule has 0 spiro atoms. The molecule has 0 amide bonds. The quantitative estimate of drug-likeness (QED) is 0.547. The number of rotatable bonds is 4. The molecule has 0 saturated carbocycles. The van der Waals surface area contributed by atoms with Crippen LogP contribution in [0.4, 0.5) is 0 Å². The summed E-state index contributed by atoms with van der Waals surface area (Å²) in [6.07, 6.45) is 8.54.